The maximum absolute atomic E-state index is 5.11. The van der Waals surface area contributed by atoms with Crippen LogP contribution in [0.5, 0.6) is 0 Å². The summed E-state index contributed by atoms with van der Waals surface area (Å²) in [6.45, 7) is 8.09. The molecule has 0 N–H and O–H groups in total. The summed E-state index contributed by atoms with van der Waals surface area (Å²) in [5.41, 5.74) is 3.61. The summed E-state index contributed by atoms with van der Waals surface area (Å²) in [5, 5.41) is 0. The molecule has 3 nitrogen and oxygen atoms in total. The normalized spacial score (nSPS) is 11.5. The molecule has 84 valence electrons. The number of rotatable bonds is 8. The number of methoxy groups -OCH3 is 2. The van der Waals surface area contributed by atoms with Gasteiger partial charge in [-0.25, -0.2) is 0 Å². The van der Waals surface area contributed by atoms with Gasteiger partial charge in [0.1, 0.15) is 9.68 Å². The van der Waals surface area contributed by atoms with Gasteiger partial charge >= 0.3 is 0 Å². The van der Waals surface area contributed by atoms with Crippen molar-refractivity contribution in [2.45, 2.75) is 13.8 Å². The van der Waals surface area contributed by atoms with Crippen molar-refractivity contribution in [3.63, 3.8) is 0 Å². The Morgan fingerprint density at radius 2 is 1.64 bits per heavy atom. The Bertz CT molecular complexity index is 150. The van der Waals surface area contributed by atoms with Gasteiger partial charge in [0.25, 0.3) is 0 Å². The van der Waals surface area contributed by atoms with Crippen LogP contribution in [0.4, 0.5) is 0 Å². The summed E-state index contributed by atoms with van der Waals surface area (Å²) < 4.78 is 12.7. The molecule has 0 spiro atoms. The maximum Gasteiger partial charge on any atom is 0.119 e. The second-order valence-corrected chi connectivity index (χ2v) is 4.88. The van der Waals surface area contributed by atoms with Crippen molar-refractivity contribution in [3.05, 3.63) is 11.3 Å². The molecule has 0 aliphatic heterocycles. The van der Waals surface area contributed by atoms with Crippen LogP contribution in [0.3, 0.4) is 0 Å². The molecule has 0 aliphatic carbocycles. The Kier molecular flexibility index (Phi) is 9.28. The minimum Gasteiger partial charge on any atom is -0.380 e. The zero-order valence-electron chi connectivity index (χ0n) is 9.88. The topological polar surface area (TPSA) is 21.7 Å². The number of nitrogens with zero attached hydrogens (tertiary/aromatic N) is 1. The molecular weight excluding hydrogens is 194 g/mol. The predicted octanol–water partition coefficient (Wildman–Crippen LogP) is 0.589. The Morgan fingerprint density at radius 1 is 1.14 bits per heavy atom. The number of ether oxygens (including phenoxy) is 2. The molecule has 0 aromatic carbocycles. The maximum atomic E-state index is 5.11. The Labute approximate surface area is 90.0 Å². The smallest absolute Gasteiger partial charge is 0.119 e. The molecular formula is C10H23NO2Si. The third kappa shape index (κ3) is 6.31. The third-order valence-corrected chi connectivity index (χ3v) is 4.36. The lowest BCUT2D eigenvalue weighted by molar-refractivity contribution is 0.182. The summed E-state index contributed by atoms with van der Waals surface area (Å²) in [4.78, 5) is 0. The van der Waals surface area contributed by atoms with E-state index in [1.807, 2.05) is 0 Å². The molecule has 0 saturated heterocycles. The van der Waals surface area contributed by atoms with E-state index >= 15 is 0 Å². The molecule has 0 saturated carbocycles. The monoisotopic (exact) mass is 217 g/mol. The van der Waals surface area contributed by atoms with Gasteiger partial charge in [-0.15, -0.1) is 0 Å². The van der Waals surface area contributed by atoms with Gasteiger partial charge in [0, 0.05) is 14.2 Å². The standard InChI is InChI=1S/C10H23NO2Si/c1-5-11(6-2)14-9-10(7-12-3)8-13-4/h9H,5-8,14H2,1-4H3. The van der Waals surface area contributed by atoms with Crippen LogP contribution in [-0.4, -0.2) is 54.8 Å². The second-order valence-electron chi connectivity index (χ2n) is 3.21. The van der Waals surface area contributed by atoms with Crippen LogP contribution in [0.15, 0.2) is 11.3 Å². The van der Waals surface area contributed by atoms with Crippen molar-refractivity contribution in [3.8, 4) is 0 Å². The van der Waals surface area contributed by atoms with E-state index in [2.05, 4.69) is 24.1 Å². The van der Waals surface area contributed by atoms with Crippen LogP contribution in [0.25, 0.3) is 0 Å². The molecule has 0 aromatic rings. The van der Waals surface area contributed by atoms with Gasteiger partial charge in [-0.05, 0) is 18.7 Å². The third-order valence-electron chi connectivity index (χ3n) is 2.19. The minimum absolute atomic E-state index is 0.252. The predicted molar refractivity (Wildman–Crippen MR) is 63.3 cm³/mol. The van der Waals surface area contributed by atoms with E-state index < -0.39 is 0 Å². The van der Waals surface area contributed by atoms with E-state index in [9.17, 15) is 0 Å². The van der Waals surface area contributed by atoms with Gasteiger partial charge in [0.2, 0.25) is 0 Å². The average Bonchev–Trinajstić information content (AvgIpc) is 2.20. The van der Waals surface area contributed by atoms with Gasteiger partial charge in [-0.2, -0.15) is 0 Å². The fraction of sp³-hybridized carbons (Fsp3) is 0.800. The second kappa shape index (κ2) is 9.39. The van der Waals surface area contributed by atoms with Crippen molar-refractivity contribution in [2.75, 3.05) is 40.5 Å². The molecule has 0 unspecified atom stereocenters. The van der Waals surface area contributed by atoms with Crippen LogP contribution in [-0.2, 0) is 9.47 Å². The van der Waals surface area contributed by atoms with Crippen molar-refractivity contribution < 1.29 is 9.47 Å². The zero-order valence-corrected chi connectivity index (χ0v) is 11.3. The fourth-order valence-corrected chi connectivity index (χ4v) is 2.54. The first-order valence-electron chi connectivity index (χ1n) is 5.16. The Hall–Kier alpha value is -0.163. The van der Waals surface area contributed by atoms with Crippen LogP contribution in [0, 0.1) is 0 Å². The molecule has 4 heteroatoms. The van der Waals surface area contributed by atoms with Crippen LogP contribution in [0.2, 0.25) is 0 Å². The molecule has 0 radical (unpaired) electrons. The summed E-state index contributed by atoms with van der Waals surface area (Å²) >= 11 is 0. The first-order chi connectivity index (χ1) is 6.78. The van der Waals surface area contributed by atoms with E-state index in [4.69, 9.17) is 9.47 Å². The van der Waals surface area contributed by atoms with E-state index in [-0.39, 0.29) is 9.68 Å². The first-order valence-corrected chi connectivity index (χ1v) is 6.61. The van der Waals surface area contributed by atoms with E-state index in [1.54, 1.807) is 14.2 Å². The van der Waals surface area contributed by atoms with Crippen molar-refractivity contribution in [1.29, 1.82) is 0 Å². The van der Waals surface area contributed by atoms with Crippen LogP contribution >= 0.6 is 0 Å². The Balaban J connectivity index is 3.98. The van der Waals surface area contributed by atoms with Crippen LogP contribution in [0.1, 0.15) is 13.8 Å². The molecule has 0 aliphatic rings. The molecule has 0 rings (SSSR count). The minimum atomic E-state index is -0.252. The van der Waals surface area contributed by atoms with Crippen molar-refractivity contribution in [1.82, 2.24) is 4.57 Å². The average molecular weight is 217 g/mol. The summed E-state index contributed by atoms with van der Waals surface area (Å²) in [6, 6.07) is 0. The lowest BCUT2D eigenvalue weighted by Gasteiger charge is -2.16. The highest BCUT2D eigenvalue weighted by atomic mass is 28.2. The van der Waals surface area contributed by atoms with Crippen molar-refractivity contribution in [2.24, 2.45) is 0 Å². The summed E-state index contributed by atoms with van der Waals surface area (Å²) in [5.74, 6) is 0. The Morgan fingerprint density at radius 3 is 2.00 bits per heavy atom. The van der Waals surface area contributed by atoms with Gasteiger partial charge in [0.05, 0.1) is 13.2 Å². The van der Waals surface area contributed by atoms with Crippen LogP contribution < -0.4 is 0 Å². The lowest BCUT2D eigenvalue weighted by atomic mass is 10.3. The van der Waals surface area contributed by atoms with Crippen molar-refractivity contribution >= 4 is 9.68 Å². The molecule has 0 fully saturated rings. The van der Waals surface area contributed by atoms with E-state index in [1.165, 1.54) is 5.57 Å². The SMILES string of the molecule is CCN(CC)[SiH2]C=C(COC)COC. The first kappa shape index (κ1) is 13.8. The lowest BCUT2D eigenvalue weighted by Crippen LogP contribution is -2.26. The highest BCUT2D eigenvalue weighted by Gasteiger charge is 1.99. The molecule has 0 amide bonds. The zero-order chi connectivity index (χ0) is 10.8. The molecule has 0 aromatic heterocycles. The largest absolute Gasteiger partial charge is 0.380 e. The van der Waals surface area contributed by atoms with Gasteiger partial charge in [-0.3, -0.25) is 0 Å². The van der Waals surface area contributed by atoms with E-state index in [0.29, 0.717) is 13.2 Å². The highest BCUT2D eigenvalue weighted by Crippen LogP contribution is 1.96. The quantitative estimate of drug-likeness (QED) is 0.556. The fourth-order valence-electron chi connectivity index (χ4n) is 1.27. The van der Waals surface area contributed by atoms with Gasteiger partial charge in [-0.1, -0.05) is 19.5 Å². The molecule has 0 heterocycles. The summed E-state index contributed by atoms with van der Waals surface area (Å²) in [6.07, 6.45) is 0. The molecule has 14 heavy (non-hydrogen) atoms. The molecule has 0 bridgehead atoms. The van der Waals surface area contributed by atoms with Gasteiger partial charge in [0.15, 0.2) is 0 Å². The summed E-state index contributed by atoms with van der Waals surface area (Å²) in [7, 11) is 3.20. The van der Waals surface area contributed by atoms with Gasteiger partial charge < -0.3 is 14.0 Å². The highest BCUT2D eigenvalue weighted by molar-refractivity contribution is 6.39. The number of hydrogen-bond acceptors (Lipinski definition) is 3. The number of hydrogen-bond donors (Lipinski definition) is 0. The molecule has 0 atom stereocenters. The van der Waals surface area contributed by atoms with E-state index in [0.717, 1.165) is 13.1 Å².